The molecule has 0 saturated heterocycles. The van der Waals surface area contributed by atoms with Crippen LogP contribution in [0.25, 0.3) is 0 Å². The van der Waals surface area contributed by atoms with Gasteiger partial charge in [-0.05, 0) is 24.1 Å². The Morgan fingerprint density at radius 1 is 1.29 bits per heavy atom. The van der Waals surface area contributed by atoms with E-state index in [9.17, 15) is 0 Å². The molecule has 2 rings (SSSR count). The van der Waals surface area contributed by atoms with E-state index in [1.54, 1.807) is 7.11 Å². The van der Waals surface area contributed by atoms with Crippen LogP contribution >= 0.6 is 0 Å². The Hall–Kier alpha value is -2.17. The van der Waals surface area contributed by atoms with Gasteiger partial charge in [0, 0.05) is 20.6 Å². The summed E-state index contributed by atoms with van der Waals surface area (Å²) in [6.45, 7) is 2.91. The second-order valence-electron chi connectivity index (χ2n) is 5.26. The standard InChI is InChI=1S/C16H24N4O/c1-5-6-14-15(17)16(20(3)18-14)19(2)11-12-7-9-13(21-4)10-8-12/h7-10H,5-6,11,17H2,1-4H3. The lowest BCUT2D eigenvalue weighted by molar-refractivity contribution is 0.414. The largest absolute Gasteiger partial charge is 0.497 e. The molecule has 0 fully saturated rings. The molecule has 2 aromatic rings. The Bertz CT molecular complexity index is 589. The molecule has 0 atom stereocenters. The van der Waals surface area contributed by atoms with Crippen LogP contribution in [-0.4, -0.2) is 23.9 Å². The normalized spacial score (nSPS) is 10.7. The van der Waals surface area contributed by atoms with E-state index in [0.29, 0.717) is 0 Å². The number of nitrogens with zero attached hydrogens (tertiary/aromatic N) is 3. The Kier molecular flexibility index (Phi) is 4.73. The monoisotopic (exact) mass is 288 g/mol. The highest BCUT2D eigenvalue weighted by atomic mass is 16.5. The van der Waals surface area contributed by atoms with E-state index >= 15 is 0 Å². The number of anilines is 2. The smallest absolute Gasteiger partial charge is 0.150 e. The number of hydrogen-bond acceptors (Lipinski definition) is 4. The zero-order valence-electron chi connectivity index (χ0n) is 13.3. The molecular formula is C16H24N4O. The van der Waals surface area contributed by atoms with Gasteiger partial charge in [-0.3, -0.25) is 4.68 Å². The number of benzene rings is 1. The molecular weight excluding hydrogens is 264 g/mol. The van der Waals surface area contributed by atoms with Gasteiger partial charge in [-0.15, -0.1) is 0 Å². The van der Waals surface area contributed by atoms with Gasteiger partial charge in [-0.1, -0.05) is 25.5 Å². The lowest BCUT2D eigenvalue weighted by Crippen LogP contribution is -2.20. The molecule has 114 valence electrons. The zero-order chi connectivity index (χ0) is 15.4. The molecule has 5 nitrogen and oxygen atoms in total. The van der Waals surface area contributed by atoms with Gasteiger partial charge in [0.15, 0.2) is 0 Å². The van der Waals surface area contributed by atoms with Crippen molar-refractivity contribution in [1.29, 1.82) is 0 Å². The third-order valence-electron chi connectivity index (χ3n) is 3.56. The van der Waals surface area contributed by atoms with E-state index in [2.05, 4.69) is 29.1 Å². The van der Waals surface area contributed by atoms with Gasteiger partial charge in [-0.25, -0.2) is 0 Å². The Morgan fingerprint density at radius 3 is 2.52 bits per heavy atom. The molecule has 2 N–H and O–H groups in total. The van der Waals surface area contributed by atoms with Crippen molar-refractivity contribution in [3.8, 4) is 5.75 Å². The number of aromatic nitrogens is 2. The number of rotatable bonds is 6. The minimum absolute atomic E-state index is 0.777. The first-order valence-corrected chi connectivity index (χ1v) is 7.22. The highest BCUT2D eigenvalue weighted by molar-refractivity contribution is 5.66. The number of hydrogen-bond donors (Lipinski definition) is 1. The van der Waals surface area contributed by atoms with E-state index in [4.69, 9.17) is 10.5 Å². The number of nitrogens with two attached hydrogens (primary N) is 1. The van der Waals surface area contributed by atoms with E-state index in [1.807, 2.05) is 30.9 Å². The van der Waals surface area contributed by atoms with Gasteiger partial charge in [0.2, 0.25) is 0 Å². The molecule has 0 radical (unpaired) electrons. The predicted molar refractivity (Wildman–Crippen MR) is 86.7 cm³/mol. The molecule has 0 saturated carbocycles. The summed E-state index contributed by atoms with van der Waals surface area (Å²) in [4.78, 5) is 2.13. The van der Waals surface area contributed by atoms with Crippen LogP contribution < -0.4 is 15.4 Å². The quantitative estimate of drug-likeness (QED) is 0.887. The third-order valence-corrected chi connectivity index (χ3v) is 3.56. The number of methoxy groups -OCH3 is 1. The first kappa shape index (κ1) is 15.2. The molecule has 0 aliphatic carbocycles. The first-order valence-electron chi connectivity index (χ1n) is 7.22. The van der Waals surface area contributed by atoms with Crippen molar-refractivity contribution in [3.05, 3.63) is 35.5 Å². The van der Waals surface area contributed by atoms with E-state index in [1.165, 1.54) is 5.56 Å². The Morgan fingerprint density at radius 2 is 1.95 bits per heavy atom. The molecule has 21 heavy (non-hydrogen) atoms. The van der Waals surface area contributed by atoms with Gasteiger partial charge in [-0.2, -0.15) is 5.10 Å². The highest BCUT2D eigenvalue weighted by Gasteiger charge is 2.16. The van der Waals surface area contributed by atoms with E-state index in [-0.39, 0.29) is 0 Å². The van der Waals surface area contributed by atoms with Gasteiger partial charge >= 0.3 is 0 Å². The molecule has 0 aliphatic heterocycles. The minimum Gasteiger partial charge on any atom is -0.497 e. The molecule has 0 aliphatic rings. The summed E-state index contributed by atoms with van der Waals surface area (Å²) in [6.07, 6.45) is 1.96. The van der Waals surface area contributed by atoms with Crippen molar-refractivity contribution >= 4 is 11.5 Å². The maximum absolute atomic E-state index is 6.25. The molecule has 1 aromatic heterocycles. The average Bonchev–Trinajstić information content (AvgIpc) is 2.75. The van der Waals surface area contributed by atoms with Crippen LogP contribution in [-0.2, 0) is 20.0 Å². The van der Waals surface area contributed by atoms with E-state index in [0.717, 1.165) is 42.3 Å². The van der Waals surface area contributed by atoms with Crippen molar-refractivity contribution in [2.75, 3.05) is 24.8 Å². The number of ether oxygens (including phenoxy) is 1. The lowest BCUT2D eigenvalue weighted by atomic mass is 10.2. The molecule has 5 heteroatoms. The summed E-state index contributed by atoms with van der Waals surface area (Å²) in [5, 5.41) is 4.52. The fourth-order valence-electron chi connectivity index (χ4n) is 2.54. The van der Waals surface area contributed by atoms with Gasteiger partial charge in [0.1, 0.15) is 11.6 Å². The van der Waals surface area contributed by atoms with Crippen molar-refractivity contribution in [3.63, 3.8) is 0 Å². The van der Waals surface area contributed by atoms with Crippen LogP contribution in [0.5, 0.6) is 5.75 Å². The topological polar surface area (TPSA) is 56.3 Å². The summed E-state index contributed by atoms with van der Waals surface area (Å²) in [5.41, 5.74) is 9.22. The van der Waals surface area contributed by atoms with Crippen molar-refractivity contribution in [2.45, 2.75) is 26.3 Å². The third kappa shape index (κ3) is 3.29. The summed E-state index contributed by atoms with van der Waals surface area (Å²) < 4.78 is 7.04. The lowest BCUT2D eigenvalue weighted by Gasteiger charge is -2.20. The van der Waals surface area contributed by atoms with Crippen LogP contribution in [0.4, 0.5) is 11.5 Å². The molecule has 1 aromatic carbocycles. The van der Waals surface area contributed by atoms with Crippen LogP contribution in [0.2, 0.25) is 0 Å². The van der Waals surface area contributed by atoms with Crippen LogP contribution in [0.1, 0.15) is 24.6 Å². The second-order valence-corrected chi connectivity index (χ2v) is 5.26. The average molecular weight is 288 g/mol. The summed E-state index contributed by atoms with van der Waals surface area (Å²) in [5.74, 6) is 1.83. The van der Waals surface area contributed by atoms with Crippen molar-refractivity contribution in [2.24, 2.45) is 7.05 Å². The van der Waals surface area contributed by atoms with Crippen LogP contribution in [0.3, 0.4) is 0 Å². The highest BCUT2D eigenvalue weighted by Crippen LogP contribution is 2.27. The molecule has 0 spiro atoms. The van der Waals surface area contributed by atoms with Crippen LogP contribution in [0, 0.1) is 0 Å². The van der Waals surface area contributed by atoms with Crippen molar-refractivity contribution < 1.29 is 4.74 Å². The maximum Gasteiger partial charge on any atom is 0.150 e. The van der Waals surface area contributed by atoms with Gasteiger partial charge in [0.25, 0.3) is 0 Å². The predicted octanol–water partition coefficient (Wildman–Crippen LogP) is 2.60. The SMILES string of the molecule is CCCc1nn(C)c(N(C)Cc2ccc(OC)cc2)c1N. The molecule has 0 amide bonds. The Balaban J connectivity index is 2.17. The summed E-state index contributed by atoms with van der Waals surface area (Å²) in [7, 11) is 5.65. The fraction of sp³-hybridized carbons (Fsp3) is 0.438. The van der Waals surface area contributed by atoms with E-state index < -0.39 is 0 Å². The minimum atomic E-state index is 0.777. The molecule has 0 unspecified atom stereocenters. The number of nitrogen functional groups attached to an aromatic ring is 1. The molecule has 0 bridgehead atoms. The summed E-state index contributed by atoms with van der Waals surface area (Å²) in [6, 6.07) is 8.07. The van der Waals surface area contributed by atoms with Gasteiger partial charge < -0.3 is 15.4 Å². The Labute approximate surface area is 126 Å². The fourth-order valence-corrected chi connectivity index (χ4v) is 2.54. The zero-order valence-corrected chi connectivity index (χ0v) is 13.3. The second kappa shape index (κ2) is 6.52. The first-order chi connectivity index (χ1) is 10.1. The van der Waals surface area contributed by atoms with Gasteiger partial charge in [0.05, 0.1) is 18.5 Å². The van der Waals surface area contributed by atoms with Crippen LogP contribution in [0.15, 0.2) is 24.3 Å². The maximum atomic E-state index is 6.25. The number of aryl methyl sites for hydroxylation is 2. The molecule has 1 heterocycles. The van der Waals surface area contributed by atoms with Crippen molar-refractivity contribution in [1.82, 2.24) is 9.78 Å². The summed E-state index contributed by atoms with van der Waals surface area (Å²) >= 11 is 0.